The zero-order valence-corrected chi connectivity index (χ0v) is 20.4. The number of nitrogens with one attached hydrogen (secondary N) is 3. The Balaban J connectivity index is 1.33. The molecule has 2 atom stereocenters. The molecule has 2 saturated carbocycles. The van der Waals surface area contributed by atoms with E-state index in [0.29, 0.717) is 0 Å². The van der Waals surface area contributed by atoms with Crippen LogP contribution < -0.4 is 16.2 Å². The quantitative estimate of drug-likeness (QED) is 0.243. The minimum absolute atomic E-state index is 0.0807. The lowest BCUT2D eigenvalue weighted by molar-refractivity contribution is -0.136. The number of fused-ring (bicyclic) bond motifs is 1. The number of hydrogen-bond donors (Lipinski definition) is 4. The molecule has 39 heavy (non-hydrogen) atoms. The molecule has 5 rings (SSSR count). The van der Waals surface area contributed by atoms with Gasteiger partial charge < -0.3 is 15.7 Å². The zero-order chi connectivity index (χ0) is 27.9. The third kappa shape index (κ3) is 5.94. The SMILES string of the molecule is O=C(CC1CC(F)(F)C1)N[C@H](O)c1cnn2cc([C@@H](NC(=O)c3no[nH]c3=O)C3CCC(F)(F)CC3)nc2c1. The first-order valence-corrected chi connectivity index (χ1v) is 12.3. The van der Waals surface area contributed by atoms with Crippen molar-refractivity contribution in [1.82, 2.24) is 35.5 Å². The molecule has 2 aliphatic rings. The van der Waals surface area contributed by atoms with Crippen molar-refractivity contribution in [2.24, 2.45) is 11.8 Å². The highest BCUT2D eigenvalue weighted by Crippen LogP contribution is 2.44. The van der Waals surface area contributed by atoms with Gasteiger partial charge >= 0.3 is 5.56 Å². The van der Waals surface area contributed by atoms with Gasteiger partial charge in [0.1, 0.15) is 0 Å². The number of halogens is 4. The molecule has 0 spiro atoms. The van der Waals surface area contributed by atoms with Crippen LogP contribution in [0.4, 0.5) is 17.6 Å². The molecule has 210 valence electrons. The Hall–Kier alpha value is -3.82. The molecule has 0 radical (unpaired) electrons. The van der Waals surface area contributed by atoms with Crippen molar-refractivity contribution in [2.75, 3.05) is 0 Å². The lowest BCUT2D eigenvalue weighted by atomic mass is 9.79. The van der Waals surface area contributed by atoms with E-state index in [-0.39, 0.29) is 61.9 Å². The van der Waals surface area contributed by atoms with E-state index in [1.807, 2.05) is 5.16 Å². The molecule has 0 unspecified atom stereocenters. The second kappa shape index (κ2) is 10.1. The molecule has 0 aromatic carbocycles. The van der Waals surface area contributed by atoms with Gasteiger partial charge in [-0.2, -0.15) is 10.3 Å². The number of aliphatic hydroxyl groups is 1. The summed E-state index contributed by atoms with van der Waals surface area (Å²) in [4.78, 5) is 41.1. The number of H-pyrrole nitrogens is 1. The number of aliphatic hydroxyl groups excluding tert-OH is 1. The Kier molecular flexibility index (Phi) is 6.90. The van der Waals surface area contributed by atoms with Crippen molar-refractivity contribution in [3.63, 3.8) is 0 Å². The number of rotatable bonds is 8. The van der Waals surface area contributed by atoms with Crippen LogP contribution in [0.3, 0.4) is 0 Å². The fourth-order valence-electron chi connectivity index (χ4n) is 5.08. The molecule has 12 nitrogen and oxygen atoms in total. The van der Waals surface area contributed by atoms with Gasteiger partial charge in [0.15, 0.2) is 11.9 Å². The first kappa shape index (κ1) is 26.8. The topological polar surface area (TPSA) is 168 Å². The standard InChI is InChI=1S/C23H25F4N7O5/c24-22(25)3-1-12(2-4-22)17(31-20(37)18-21(38)33-39-32-18)14-10-34-15(29-14)6-13(9-28-34)19(36)30-16(35)5-11-7-23(26,27)8-11/h6,9-12,17,19,36H,1-5,7-8H2,(H,30,35)(H,31,37)(H,33,38)/t17-,19+/m0/s1. The highest BCUT2D eigenvalue weighted by Gasteiger charge is 2.46. The zero-order valence-electron chi connectivity index (χ0n) is 20.4. The molecule has 0 bridgehead atoms. The Labute approximate surface area is 217 Å². The molecule has 3 heterocycles. The number of nitrogens with zero attached hydrogens (tertiary/aromatic N) is 4. The van der Waals surface area contributed by atoms with Crippen molar-refractivity contribution in [3.8, 4) is 0 Å². The number of aromatic nitrogens is 5. The maximum Gasteiger partial charge on any atom is 0.313 e. The number of carbonyl (C=O) groups excluding carboxylic acids is 2. The Bertz CT molecular complexity index is 1420. The maximum atomic E-state index is 13.8. The molecular formula is C23H25F4N7O5. The third-order valence-electron chi connectivity index (χ3n) is 7.17. The smallest absolute Gasteiger partial charge is 0.313 e. The Morgan fingerprint density at radius 1 is 1.18 bits per heavy atom. The monoisotopic (exact) mass is 555 g/mol. The van der Waals surface area contributed by atoms with Crippen LogP contribution in [-0.2, 0) is 4.79 Å². The van der Waals surface area contributed by atoms with Crippen LogP contribution >= 0.6 is 0 Å². The van der Waals surface area contributed by atoms with Crippen molar-refractivity contribution in [3.05, 3.63) is 45.8 Å². The predicted molar refractivity (Wildman–Crippen MR) is 123 cm³/mol. The van der Waals surface area contributed by atoms with E-state index in [0.717, 1.165) is 0 Å². The van der Waals surface area contributed by atoms with Crippen molar-refractivity contribution in [1.29, 1.82) is 0 Å². The predicted octanol–water partition coefficient (Wildman–Crippen LogP) is 2.24. The lowest BCUT2D eigenvalue weighted by Gasteiger charge is -2.34. The second-order valence-corrected chi connectivity index (χ2v) is 10.2. The average molecular weight is 555 g/mol. The van der Waals surface area contributed by atoms with Gasteiger partial charge in [0, 0.05) is 37.7 Å². The van der Waals surface area contributed by atoms with E-state index >= 15 is 0 Å². The number of carbonyl (C=O) groups is 2. The molecule has 2 amide bonds. The fourth-order valence-corrected chi connectivity index (χ4v) is 5.08. The van der Waals surface area contributed by atoms with Gasteiger partial charge in [0.2, 0.25) is 23.4 Å². The molecule has 0 saturated heterocycles. The molecule has 2 fully saturated rings. The third-order valence-corrected chi connectivity index (χ3v) is 7.17. The number of aromatic amines is 1. The molecule has 0 aliphatic heterocycles. The van der Waals surface area contributed by atoms with E-state index in [9.17, 15) is 37.1 Å². The van der Waals surface area contributed by atoms with Gasteiger partial charge in [0.05, 0.1) is 24.1 Å². The summed E-state index contributed by atoms with van der Waals surface area (Å²) in [6, 6.07) is 0.551. The fraction of sp³-hybridized carbons (Fsp3) is 0.565. The van der Waals surface area contributed by atoms with Crippen LogP contribution in [0, 0.1) is 11.8 Å². The van der Waals surface area contributed by atoms with E-state index < -0.39 is 59.0 Å². The van der Waals surface area contributed by atoms with Crippen LogP contribution in [0.1, 0.15) is 79.0 Å². The Morgan fingerprint density at radius 3 is 2.54 bits per heavy atom. The van der Waals surface area contributed by atoms with Crippen molar-refractivity contribution >= 4 is 17.5 Å². The maximum absolute atomic E-state index is 13.8. The summed E-state index contributed by atoms with van der Waals surface area (Å²) in [6.45, 7) is 0. The summed E-state index contributed by atoms with van der Waals surface area (Å²) < 4.78 is 59.4. The summed E-state index contributed by atoms with van der Waals surface area (Å²) in [7, 11) is 0. The van der Waals surface area contributed by atoms with Crippen LogP contribution in [-0.4, -0.2) is 53.7 Å². The van der Waals surface area contributed by atoms with Crippen LogP contribution in [0.5, 0.6) is 0 Å². The second-order valence-electron chi connectivity index (χ2n) is 10.2. The highest BCUT2D eigenvalue weighted by atomic mass is 19.3. The first-order chi connectivity index (χ1) is 18.4. The molecule has 2 aliphatic carbocycles. The Morgan fingerprint density at radius 2 is 1.90 bits per heavy atom. The van der Waals surface area contributed by atoms with Crippen LogP contribution in [0.2, 0.25) is 0 Å². The largest absolute Gasteiger partial charge is 0.369 e. The number of imidazole rings is 1. The molecule has 16 heteroatoms. The molecular weight excluding hydrogens is 530 g/mol. The van der Waals surface area contributed by atoms with Gasteiger partial charge in [-0.1, -0.05) is 0 Å². The number of hydrogen-bond acceptors (Lipinski definition) is 8. The van der Waals surface area contributed by atoms with E-state index in [2.05, 4.69) is 30.5 Å². The number of amides is 2. The summed E-state index contributed by atoms with van der Waals surface area (Å²) >= 11 is 0. The summed E-state index contributed by atoms with van der Waals surface area (Å²) in [6.07, 6.45) is -0.226. The summed E-state index contributed by atoms with van der Waals surface area (Å²) in [5.74, 6) is -7.93. The van der Waals surface area contributed by atoms with Crippen molar-refractivity contribution in [2.45, 2.75) is 69.1 Å². The molecule has 3 aromatic heterocycles. The van der Waals surface area contributed by atoms with Gasteiger partial charge in [-0.25, -0.2) is 27.1 Å². The molecule has 3 aromatic rings. The van der Waals surface area contributed by atoms with Gasteiger partial charge in [-0.15, -0.1) is 0 Å². The normalized spacial score (nSPS) is 20.7. The minimum atomic E-state index is -2.82. The summed E-state index contributed by atoms with van der Waals surface area (Å²) in [5.41, 5.74) is -0.736. The minimum Gasteiger partial charge on any atom is -0.369 e. The highest BCUT2D eigenvalue weighted by molar-refractivity contribution is 5.91. The van der Waals surface area contributed by atoms with Gasteiger partial charge in [0.25, 0.3) is 5.91 Å². The first-order valence-electron chi connectivity index (χ1n) is 12.3. The van der Waals surface area contributed by atoms with E-state index in [4.69, 9.17) is 0 Å². The number of alkyl halides is 4. The summed E-state index contributed by atoms with van der Waals surface area (Å²) in [5, 5.41) is 24.8. The van der Waals surface area contributed by atoms with E-state index in [1.54, 1.807) is 0 Å². The van der Waals surface area contributed by atoms with Crippen LogP contribution in [0.15, 0.2) is 27.9 Å². The van der Waals surface area contributed by atoms with Gasteiger partial charge in [-0.3, -0.25) is 19.0 Å². The average Bonchev–Trinajstić information content (AvgIpc) is 3.47. The van der Waals surface area contributed by atoms with E-state index in [1.165, 1.54) is 23.0 Å². The van der Waals surface area contributed by atoms with Crippen LogP contribution in [0.25, 0.3) is 5.65 Å². The van der Waals surface area contributed by atoms with Gasteiger partial charge in [-0.05, 0) is 35.9 Å². The lowest BCUT2D eigenvalue weighted by Crippen LogP contribution is -2.39. The van der Waals surface area contributed by atoms with Crippen molar-refractivity contribution < 1.29 is 36.9 Å². The molecule has 4 N–H and O–H groups in total.